The van der Waals surface area contributed by atoms with Crippen LogP contribution in [-0.4, -0.2) is 42.7 Å². The number of carbonyl (C=O) groups is 2. The van der Waals surface area contributed by atoms with Gasteiger partial charge >= 0.3 is 0 Å². The average molecular weight is 437 g/mol. The first kappa shape index (κ1) is 25.3. The first-order valence-electron chi connectivity index (χ1n) is 9.40. The Morgan fingerprint density at radius 1 is 1.20 bits per heavy atom. The van der Waals surface area contributed by atoms with E-state index in [0.29, 0.717) is 4.41 Å². The van der Waals surface area contributed by atoms with Crippen LogP contribution in [0.5, 0.6) is 0 Å². The fourth-order valence-electron chi connectivity index (χ4n) is 2.92. The van der Waals surface area contributed by atoms with Gasteiger partial charge in [0, 0.05) is 0 Å². The molecule has 1 rings (SSSR count). The van der Waals surface area contributed by atoms with E-state index in [4.69, 9.17) is 5.26 Å². The highest BCUT2D eigenvalue weighted by Gasteiger charge is 2.35. The summed E-state index contributed by atoms with van der Waals surface area (Å²) in [5, 5.41) is 18.0. The molecule has 0 aliphatic rings. The number of hydrazine groups is 1. The van der Waals surface area contributed by atoms with Gasteiger partial charge in [-0.05, 0) is 24.3 Å². The molecule has 9 nitrogen and oxygen atoms in total. The lowest BCUT2D eigenvalue weighted by Gasteiger charge is -2.27. The molecule has 2 atom stereocenters. The third-order valence-electron chi connectivity index (χ3n) is 4.34. The first-order valence-corrected chi connectivity index (χ1v) is 11.3. The van der Waals surface area contributed by atoms with Gasteiger partial charge in [0.2, 0.25) is 21.8 Å². The molecule has 10 heteroatoms. The molecule has 164 valence electrons. The summed E-state index contributed by atoms with van der Waals surface area (Å²) in [7, 11) is -3.87. The van der Waals surface area contributed by atoms with E-state index in [0.717, 1.165) is 11.8 Å². The number of nitrogens with zero attached hydrogens (tertiary/aromatic N) is 2. The van der Waals surface area contributed by atoms with Crippen LogP contribution in [0, 0.1) is 29.1 Å². The molecule has 0 bridgehead atoms. The highest BCUT2D eigenvalue weighted by Crippen LogP contribution is 2.25. The summed E-state index contributed by atoms with van der Waals surface area (Å²) in [5.41, 5.74) is 4.73. The standard InChI is InChI=1S/C20H28N4O5S/c1-15(2)14-18(19(25)22-24(13-12-21)30(3,28)29)17(20(26)23-27)11-7-10-16-8-5-4-6-9-16/h4-10,15,17-18,27H,11,13-14H2,1-3H3,(H,22,25)(H,23,26)/b10-7+/t17-,18+/m0/s1. The number of hydroxylamine groups is 1. The Morgan fingerprint density at radius 2 is 1.83 bits per heavy atom. The Hall–Kier alpha value is -2.74. The Labute approximate surface area is 177 Å². The van der Waals surface area contributed by atoms with Crippen LogP contribution in [-0.2, 0) is 19.6 Å². The van der Waals surface area contributed by atoms with Gasteiger partial charge < -0.3 is 0 Å². The molecule has 1 aromatic rings. The Kier molecular flexibility index (Phi) is 10.2. The monoisotopic (exact) mass is 436 g/mol. The Bertz CT molecular complexity index is 878. The molecule has 0 saturated heterocycles. The number of nitrogens with one attached hydrogen (secondary N) is 2. The van der Waals surface area contributed by atoms with E-state index in [1.54, 1.807) is 23.7 Å². The second-order valence-electron chi connectivity index (χ2n) is 7.27. The smallest absolute Gasteiger partial charge is 0.247 e. The van der Waals surface area contributed by atoms with Crippen molar-refractivity contribution in [1.82, 2.24) is 15.3 Å². The normalized spacial score (nSPS) is 13.8. The number of hydrogen-bond acceptors (Lipinski definition) is 6. The number of allylic oxidation sites excluding steroid dienone is 1. The molecule has 0 unspecified atom stereocenters. The lowest BCUT2D eigenvalue weighted by Crippen LogP contribution is -2.50. The van der Waals surface area contributed by atoms with Crippen LogP contribution < -0.4 is 10.9 Å². The lowest BCUT2D eigenvalue weighted by atomic mass is 9.82. The highest BCUT2D eigenvalue weighted by molar-refractivity contribution is 7.88. The maximum absolute atomic E-state index is 12.9. The molecule has 0 radical (unpaired) electrons. The molecule has 0 aliphatic heterocycles. The van der Waals surface area contributed by atoms with E-state index in [9.17, 15) is 23.2 Å². The minimum absolute atomic E-state index is 0.00972. The van der Waals surface area contributed by atoms with Crippen molar-refractivity contribution >= 4 is 27.9 Å². The van der Waals surface area contributed by atoms with Crippen LogP contribution in [0.25, 0.3) is 6.08 Å². The summed E-state index contributed by atoms with van der Waals surface area (Å²) in [6.45, 7) is 3.15. The molecular weight excluding hydrogens is 408 g/mol. The third-order valence-corrected chi connectivity index (χ3v) is 5.37. The minimum Gasteiger partial charge on any atom is -0.289 e. The second-order valence-corrected chi connectivity index (χ2v) is 9.18. The van der Waals surface area contributed by atoms with E-state index in [1.165, 1.54) is 0 Å². The van der Waals surface area contributed by atoms with Gasteiger partial charge in [0.15, 0.2) is 0 Å². The summed E-state index contributed by atoms with van der Waals surface area (Å²) >= 11 is 0. The third kappa shape index (κ3) is 8.32. The van der Waals surface area contributed by atoms with Gasteiger partial charge in [-0.25, -0.2) is 13.9 Å². The van der Waals surface area contributed by atoms with Crippen LogP contribution in [0.15, 0.2) is 36.4 Å². The number of benzene rings is 1. The second kappa shape index (κ2) is 12.1. The molecule has 30 heavy (non-hydrogen) atoms. The van der Waals surface area contributed by atoms with E-state index in [1.807, 2.05) is 44.2 Å². The summed E-state index contributed by atoms with van der Waals surface area (Å²) in [6, 6.07) is 11.0. The summed E-state index contributed by atoms with van der Waals surface area (Å²) < 4.78 is 24.2. The van der Waals surface area contributed by atoms with Gasteiger partial charge in [-0.3, -0.25) is 20.2 Å². The molecule has 1 aromatic carbocycles. The van der Waals surface area contributed by atoms with Crippen LogP contribution >= 0.6 is 0 Å². The number of amides is 2. The van der Waals surface area contributed by atoms with Crippen molar-refractivity contribution < 1.29 is 23.2 Å². The zero-order valence-electron chi connectivity index (χ0n) is 17.3. The SMILES string of the molecule is CC(C)C[C@@H](C(=O)NN(CC#N)S(C)(=O)=O)[C@H](C/C=C/c1ccccc1)C(=O)NO. The summed E-state index contributed by atoms with van der Waals surface area (Å²) in [6.07, 6.45) is 4.79. The number of rotatable bonds is 11. The lowest BCUT2D eigenvalue weighted by molar-refractivity contribution is -0.141. The zero-order valence-corrected chi connectivity index (χ0v) is 18.1. The Balaban J connectivity index is 3.13. The molecule has 2 amide bonds. The number of hydrogen-bond donors (Lipinski definition) is 3. The molecule has 0 spiro atoms. The number of nitriles is 1. The average Bonchev–Trinajstić information content (AvgIpc) is 2.68. The topological polar surface area (TPSA) is 140 Å². The first-order chi connectivity index (χ1) is 14.1. The largest absolute Gasteiger partial charge is 0.289 e. The molecule has 0 fully saturated rings. The fourth-order valence-corrected chi connectivity index (χ4v) is 3.47. The van der Waals surface area contributed by atoms with Crippen molar-refractivity contribution in [3.8, 4) is 6.07 Å². The molecule has 3 N–H and O–H groups in total. The number of carbonyl (C=O) groups excluding carboxylic acids is 2. The molecule has 0 heterocycles. The van der Waals surface area contributed by atoms with Crippen molar-refractivity contribution in [2.75, 3.05) is 12.8 Å². The Morgan fingerprint density at radius 3 is 2.33 bits per heavy atom. The van der Waals surface area contributed by atoms with Crippen molar-refractivity contribution in [2.24, 2.45) is 17.8 Å². The van der Waals surface area contributed by atoms with Crippen molar-refractivity contribution in [3.05, 3.63) is 42.0 Å². The molecular formula is C20H28N4O5S. The summed E-state index contributed by atoms with van der Waals surface area (Å²) in [5.74, 6) is -3.33. The van der Waals surface area contributed by atoms with Gasteiger partial charge in [0.25, 0.3) is 0 Å². The van der Waals surface area contributed by atoms with E-state index in [-0.39, 0.29) is 18.8 Å². The van der Waals surface area contributed by atoms with Crippen LogP contribution in [0.4, 0.5) is 0 Å². The fraction of sp³-hybridized carbons (Fsp3) is 0.450. The highest BCUT2D eigenvalue weighted by atomic mass is 32.2. The van der Waals surface area contributed by atoms with Crippen molar-refractivity contribution in [3.63, 3.8) is 0 Å². The molecule has 0 saturated carbocycles. The van der Waals surface area contributed by atoms with Crippen molar-refractivity contribution in [1.29, 1.82) is 5.26 Å². The number of sulfonamides is 1. The zero-order chi connectivity index (χ0) is 22.7. The van der Waals surface area contributed by atoms with Gasteiger partial charge in [-0.1, -0.05) is 60.7 Å². The maximum Gasteiger partial charge on any atom is 0.247 e. The van der Waals surface area contributed by atoms with E-state index >= 15 is 0 Å². The minimum atomic E-state index is -3.87. The van der Waals surface area contributed by atoms with Crippen LogP contribution in [0.3, 0.4) is 0 Å². The quantitative estimate of drug-likeness (QED) is 0.274. The van der Waals surface area contributed by atoms with Crippen molar-refractivity contribution in [2.45, 2.75) is 26.7 Å². The maximum atomic E-state index is 12.9. The van der Waals surface area contributed by atoms with Crippen LogP contribution in [0.1, 0.15) is 32.3 Å². The molecule has 0 aromatic heterocycles. The molecule has 0 aliphatic carbocycles. The van der Waals surface area contributed by atoms with Gasteiger partial charge in [0.1, 0.15) is 6.54 Å². The predicted molar refractivity (Wildman–Crippen MR) is 112 cm³/mol. The van der Waals surface area contributed by atoms with E-state index < -0.39 is 40.2 Å². The predicted octanol–water partition coefficient (Wildman–Crippen LogP) is 1.69. The van der Waals surface area contributed by atoms with E-state index in [2.05, 4.69) is 5.43 Å². The van der Waals surface area contributed by atoms with Gasteiger partial charge in [-0.15, -0.1) is 0 Å². The van der Waals surface area contributed by atoms with Crippen LogP contribution in [0.2, 0.25) is 0 Å². The van der Waals surface area contributed by atoms with Gasteiger partial charge in [-0.2, -0.15) is 5.26 Å². The summed E-state index contributed by atoms with van der Waals surface area (Å²) in [4.78, 5) is 25.2. The van der Waals surface area contributed by atoms with Gasteiger partial charge in [0.05, 0.1) is 24.2 Å².